The summed E-state index contributed by atoms with van der Waals surface area (Å²) < 4.78 is 29.1. The van der Waals surface area contributed by atoms with Crippen LogP contribution in [0.1, 0.15) is 11.4 Å². The number of aryl methyl sites for hydroxylation is 1. The number of anilines is 1. The van der Waals surface area contributed by atoms with Gasteiger partial charge in [0, 0.05) is 6.07 Å². The number of nitrogens with one attached hydrogen (secondary N) is 2. The van der Waals surface area contributed by atoms with E-state index >= 15 is 0 Å². The molecule has 0 fully saturated rings. The highest BCUT2D eigenvalue weighted by atomic mass is 19.1. The molecule has 0 bridgehead atoms. The predicted octanol–water partition coefficient (Wildman–Crippen LogP) is 3.25. The quantitative estimate of drug-likeness (QED) is 0.464. The van der Waals surface area contributed by atoms with Gasteiger partial charge in [-0.15, -0.1) is 0 Å². The van der Waals surface area contributed by atoms with Gasteiger partial charge in [0.2, 0.25) is 0 Å². The zero-order valence-corrected chi connectivity index (χ0v) is 16.2. The number of imidazole rings is 1. The average molecular weight is 419 g/mol. The number of nitrogens with zero attached hydrogens (tertiary/aromatic N) is 5. The summed E-state index contributed by atoms with van der Waals surface area (Å²) in [6.07, 6.45) is 2.86. The van der Waals surface area contributed by atoms with E-state index in [1.165, 1.54) is 17.2 Å². The molecule has 5 rings (SSSR count). The maximum Gasteiger partial charge on any atom is 0.266 e. The standard InChI is InChI=1S/C21H15F2N7O/c1-11-3-2-4-15-17(11)21(31)30(14-6-12(22)5-13(23)7-14)16(29-15)8-24-19-18-20(26-9-25-18)28-10-27-19/h2-7,9-10H,8H2,1H3,(H2,24,25,26,27,28). The molecular formula is C21H15F2N7O. The van der Waals surface area contributed by atoms with E-state index in [0.717, 1.165) is 18.2 Å². The van der Waals surface area contributed by atoms with E-state index in [2.05, 4.69) is 30.2 Å². The van der Waals surface area contributed by atoms with E-state index < -0.39 is 17.2 Å². The molecule has 0 atom stereocenters. The zero-order chi connectivity index (χ0) is 21.5. The van der Waals surface area contributed by atoms with Gasteiger partial charge in [0.15, 0.2) is 11.5 Å². The molecule has 8 nitrogen and oxygen atoms in total. The Morgan fingerprint density at radius 3 is 2.71 bits per heavy atom. The predicted molar refractivity (Wildman–Crippen MR) is 111 cm³/mol. The Balaban J connectivity index is 1.69. The fourth-order valence-corrected chi connectivity index (χ4v) is 3.55. The van der Waals surface area contributed by atoms with E-state index in [1.54, 1.807) is 25.1 Å². The summed E-state index contributed by atoms with van der Waals surface area (Å²) in [6, 6.07) is 8.24. The summed E-state index contributed by atoms with van der Waals surface area (Å²) in [4.78, 5) is 33.3. The van der Waals surface area contributed by atoms with Crippen LogP contribution in [0.5, 0.6) is 0 Å². The van der Waals surface area contributed by atoms with Crippen LogP contribution < -0.4 is 10.9 Å². The summed E-state index contributed by atoms with van der Waals surface area (Å²) >= 11 is 0. The van der Waals surface area contributed by atoms with Gasteiger partial charge in [-0.3, -0.25) is 9.36 Å². The molecule has 0 amide bonds. The van der Waals surface area contributed by atoms with Crippen molar-refractivity contribution in [3.8, 4) is 5.69 Å². The number of benzene rings is 2. The summed E-state index contributed by atoms with van der Waals surface area (Å²) in [5.41, 5.74) is 1.90. The monoisotopic (exact) mass is 419 g/mol. The maximum atomic E-state index is 13.9. The molecule has 5 aromatic rings. The number of aromatic nitrogens is 6. The third kappa shape index (κ3) is 3.27. The molecule has 0 aliphatic heterocycles. The van der Waals surface area contributed by atoms with E-state index in [1.807, 2.05) is 0 Å². The number of rotatable bonds is 4. The summed E-state index contributed by atoms with van der Waals surface area (Å²) in [5, 5.41) is 3.47. The SMILES string of the molecule is Cc1cccc2nc(CNc3ncnc4[nH]cnc34)n(-c3cc(F)cc(F)c3)c(=O)c12. The van der Waals surface area contributed by atoms with Crippen molar-refractivity contribution >= 4 is 27.9 Å². The lowest BCUT2D eigenvalue weighted by atomic mass is 10.1. The molecule has 0 spiro atoms. The Bertz CT molecular complexity index is 1490. The summed E-state index contributed by atoms with van der Waals surface area (Å²) in [7, 11) is 0. The first-order chi connectivity index (χ1) is 15.0. The lowest BCUT2D eigenvalue weighted by Crippen LogP contribution is -2.26. The smallest absolute Gasteiger partial charge is 0.266 e. The Labute approximate surface area is 173 Å². The van der Waals surface area contributed by atoms with Gasteiger partial charge in [-0.25, -0.2) is 28.7 Å². The lowest BCUT2D eigenvalue weighted by molar-refractivity contribution is 0.580. The number of aromatic amines is 1. The van der Waals surface area contributed by atoms with Crippen molar-refractivity contribution in [3.05, 3.63) is 82.4 Å². The van der Waals surface area contributed by atoms with Gasteiger partial charge in [-0.2, -0.15) is 0 Å². The van der Waals surface area contributed by atoms with Gasteiger partial charge in [-0.1, -0.05) is 12.1 Å². The molecule has 0 saturated carbocycles. The molecule has 154 valence electrons. The fourth-order valence-electron chi connectivity index (χ4n) is 3.55. The molecule has 31 heavy (non-hydrogen) atoms. The average Bonchev–Trinajstić information content (AvgIpc) is 3.21. The second-order valence-electron chi connectivity index (χ2n) is 6.94. The van der Waals surface area contributed by atoms with Crippen LogP contribution in [0.2, 0.25) is 0 Å². The molecule has 10 heteroatoms. The Morgan fingerprint density at radius 2 is 1.90 bits per heavy atom. The first-order valence-electron chi connectivity index (χ1n) is 9.37. The van der Waals surface area contributed by atoms with E-state index in [9.17, 15) is 13.6 Å². The van der Waals surface area contributed by atoms with Gasteiger partial charge in [-0.05, 0) is 30.7 Å². The summed E-state index contributed by atoms with van der Waals surface area (Å²) in [6.45, 7) is 1.84. The molecule has 0 radical (unpaired) electrons. The number of hydrogen-bond donors (Lipinski definition) is 2. The van der Waals surface area contributed by atoms with Gasteiger partial charge in [0.1, 0.15) is 29.3 Å². The number of halogens is 2. The highest BCUT2D eigenvalue weighted by Crippen LogP contribution is 2.20. The first-order valence-corrected chi connectivity index (χ1v) is 9.37. The second kappa shape index (κ2) is 7.24. The van der Waals surface area contributed by atoms with E-state index in [-0.39, 0.29) is 18.1 Å². The number of hydrogen-bond acceptors (Lipinski definition) is 6. The molecule has 0 aliphatic carbocycles. The Hall–Kier alpha value is -4.21. The summed E-state index contributed by atoms with van der Waals surface area (Å²) in [5.74, 6) is -0.892. The molecule has 0 aliphatic rings. The molecule has 0 saturated heterocycles. The van der Waals surface area contributed by atoms with Crippen molar-refractivity contribution in [2.75, 3.05) is 5.32 Å². The Morgan fingerprint density at radius 1 is 1.10 bits per heavy atom. The zero-order valence-electron chi connectivity index (χ0n) is 16.2. The molecule has 2 N–H and O–H groups in total. The van der Waals surface area contributed by atoms with E-state index in [0.29, 0.717) is 33.4 Å². The van der Waals surface area contributed by atoms with E-state index in [4.69, 9.17) is 0 Å². The lowest BCUT2D eigenvalue weighted by Gasteiger charge is -2.15. The van der Waals surface area contributed by atoms with Crippen LogP contribution in [0, 0.1) is 18.6 Å². The van der Waals surface area contributed by atoms with Gasteiger partial charge in [0.05, 0.1) is 29.5 Å². The van der Waals surface area contributed by atoms with Crippen LogP contribution in [0.25, 0.3) is 27.8 Å². The van der Waals surface area contributed by atoms with Crippen LogP contribution in [0.3, 0.4) is 0 Å². The fraction of sp³-hybridized carbons (Fsp3) is 0.0952. The maximum absolute atomic E-state index is 13.9. The molecular weight excluding hydrogens is 404 g/mol. The van der Waals surface area contributed by atoms with Crippen LogP contribution >= 0.6 is 0 Å². The van der Waals surface area contributed by atoms with Crippen LogP contribution in [0.15, 0.2) is 53.8 Å². The number of fused-ring (bicyclic) bond motifs is 2. The normalized spacial score (nSPS) is 11.3. The van der Waals surface area contributed by atoms with Crippen molar-refractivity contribution in [2.24, 2.45) is 0 Å². The third-order valence-electron chi connectivity index (χ3n) is 4.91. The van der Waals surface area contributed by atoms with Gasteiger partial charge >= 0.3 is 0 Å². The highest BCUT2D eigenvalue weighted by Gasteiger charge is 2.16. The first kappa shape index (κ1) is 18.8. The Kier molecular flexibility index (Phi) is 4.39. The van der Waals surface area contributed by atoms with Crippen LogP contribution in [-0.4, -0.2) is 29.5 Å². The van der Waals surface area contributed by atoms with Crippen molar-refractivity contribution in [1.29, 1.82) is 0 Å². The molecule has 3 aromatic heterocycles. The second-order valence-corrected chi connectivity index (χ2v) is 6.94. The van der Waals surface area contributed by atoms with Crippen LogP contribution in [0.4, 0.5) is 14.6 Å². The number of H-pyrrole nitrogens is 1. The highest BCUT2D eigenvalue weighted by molar-refractivity contribution is 5.83. The van der Waals surface area contributed by atoms with Crippen molar-refractivity contribution in [1.82, 2.24) is 29.5 Å². The molecule has 0 unspecified atom stereocenters. The minimum absolute atomic E-state index is 0.0459. The van der Waals surface area contributed by atoms with Crippen molar-refractivity contribution in [2.45, 2.75) is 13.5 Å². The molecule has 2 aromatic carbocycles. The van der Waals surface area contributed by atoms with Gasteiger partial charge < -0.3 is 10.3 Å². The minimum atomic E-state index is -0.792. The van der Waals surface area contributed by atoms with Crippen LogP contribution in [-0.2, 0) is 6.54 Å². The van der Waals surface area contributed by atoms with Crippen molar-refractivity contribution < 1.29 is 8.78 Å². The largest absolute Gasteiger partial charge is 0.361 e. The minimum Gasteiger partial charge on any atom is -0.361 e. The molecule has 3 heterocycles. The third-order valence-corrected chi connectivity index (χ3v) is 4.91. The van der Waals surface area contributed by atoms with Crippen molar-refractivity contribution in [3.63, 3.8) is 0 Å². The van der Waals surface area contributed by atoms with Gasteiger partial charge in [0.25, 0.3) is 5.56 Å². The topological polar surface area (TPSA) is 101 Å².